The molecule has 0 saturated heterocycles. The van der Waals surface area contributed by atoms with Gasteiger partial charge in [-0.2, -0.15) is 0 Å². The van der Waals surface area contributed by atoms with Crippen molar-refractivity contribution in [3.63, 3.8) is 0 Å². The average Bonchev–Trinajstić information content (AvgIpc) is 2.31. The van der Waals surface area contributed by atoms with Gasteiger partial charge in [-0.25, -0.2) is 8.42 Å². The van der Waals surface area contributed by atoms with Gasteiger partial charge in [-0.3, -0.25) is 0 Å². The third kappa shape index (κ3) is 4.92. The van der Waals surface area contributed by atoms with Crippen molar-refractivity contribution in [2.24, 2.45) is 0 Å². The van der Waals surface area contributed by atoms with E-state index in [-0.39, 0.29) is 103 Å². The van der Waals surface area contributed by atoms with Crippen molar-refractivity contribution in [2.75, 3.05) is 0 Å². The SMILES string of the molecule is O=S(=O)(c1ccccc1)c1ccccc1.[K].[K]. The summed E-state index contributed by atoms with van der Waals surface area (Å²) in [5.41, 5.74) is 0. The van der Waals surface area contributed by atoms with E-state index in [4.69, 9.17) is 0 Å². The van der Waals surface area contributed by atoms with Gasteiger partial charge in [-0.15, -0.1) is 0 Å². The van der Waals surface area contributed by atoms with Gasteiger partial charge >= 0.3 is 0 Å². The van der Waals surface area contributed by atoms with Crippen molar-refractivity contribution in [1.29, 1.82) is 0 Å². The van der Waals surface area contributed by atoms with Crippen LogP contribution < -0.4 is 0 Å². The molecule has 0 saturated carbocycles. The van der Waals surface area contributed by atoms with E-state index < -0.39 is 9.84 Å². The van der Waals surface area contributed by atoms with Gasteiger partial charge in [-0.05, 0) is 24.3 Å². The van der Waals surface area contributed by atoms with Gasteiger partial charge in [0, 0.05) is 103 Å². The molecule has 2 aromatic carbocycles. The molecule has 0 bridgehead atoms. The van der Waals surface area contributed by atoms with Gasteiger partial charge in [0.2, 0.25) is 9.84 Å². The molecule has 0 fully saturated rings. The van der Waals surface area contributed by atoms with Crippen molar-refractivity contribution < 1.29 is 8.42 Å². The fourth-order valence-corrected chi connectivity index (χ4v) is 2.64. The van der Waals surface area contributed by atoms with Crippen LogP contribution in [-0.4, -0.2) is 111 Å². The molecule has 0 aliphatic rings. The van der Waals surface area contributed by atoms with Crippen molar-refractivity contribution in [3.05, 3.63) is 60.7 Å². The Morgan fingerprint density at radius 2 is 0.882 bits per heavy atom. The van der Waals surface area contributed by atoms with Crippen LogP contribution in [0.15, 0.2) is 70.5 Å². The summed E-state index contributed by atoms with van der Waals surface area (Å²) in [7, 11) is -3.34. The summed E-state index contributed by atoms with van der Waals surface area (Å²) in [6.07, 6.45) is 0. The molecule has 2 rings (SSSR count). The largest absolute Gasteiger partial charge is 0.219 e. The van der Waals surface area contributed by atoms with Crippen LogP contribution in [0.25, 0.3) is 0 Å². The van der Waals surface area contributed by atoms with Crippen LogP contribution in [0.3, 0.4) is 0 Å². The zero-order chi connectivity index (χ0) is 10.7. The first kappa shape index (κ1) is 18.7. The van der Waals surface area contributed by atoms with Gasteiger partial charge < -0.3 is 0 Å². The molecule has 0 atom stereocenters. The minimum Gasteiger partial charge on any atom is -0.219 e. The second-order valence-electron chi connectivity index (χ2n) is 3.13. The summed E-state index contributed by atoms with van der Waals surface area (Å²) in [6.45, 7) is 0. The van der Waals surface area contributed by atoms with Crippen LogP contribution in [0.5, 0.6) is 0 Å². The van der Waals surface area contributed by atoms with Crippen molar-refractivity contribution in [2.45, 2.75) is 9.79 Å². The van der Waals surface area contributed by atoms with Crippen LogP contribution in [-0.2, 0) is 9.84 Å². The van der Waals surface area contributed by atoms with Crippen LogP contribution in [0, 0.1) is 0 Å². The molecule has 78 valence electrons. The molecule has 0 heterocycles. The van der Waals surface area contributed by atoms with Crippen molar-refractivity contribution in [1.82, 2.24) is 0 Å². The van der Waals surface area contributed by atoms with E-state index in [2.05, 4.69) is 0 Å². The van der Waals surface area contributed by atoms with Crippen LogP contribution in [0.1, 0.15) is 0 Å². The first-order chi connectivity index (χ1) is 7.21. The Balaban J connectivity index is 0.00000128. The predicted octanol–water partition coefficient (Wildman–Crippen LogP) is 1.76. The molecule has 0 N–H and O–H groups in total. The third-order valence-electron chi connectivity index (χ3n) is 2.11. The zero-order valence-corrected chi connectivity index (χ0v) is 17.1. The van der Waals surface area contributed by atoms with Crippen molar-refractivity contribution >= 4 is 113 Å². The summed E-state index contributed by atoms with van der Waals surface area (Å²) in [4.78, 5) is 0.660. The minimum atomic E-state index is -3.34. The predicted molar refractivity (Wildman–Crippen MR) is 69.8 cm³/mol. The fraction of sp³-hybridized carbons (Fsp3) is 0. The van der Waals surface area contributed by atoms with Crippen molar-refractivity contribution in [3.8, 4) is 0 Å². The van der Waals surface area contributed by atoms with E-state index in [1.165, 1.54) is 0 Å². The summed E-state index contributed by atoms with van der Waals surface area (Å²) < 4.78 is 24.1. The normalized spacial score (nSPS) is 9.88. The molecule has 5 heteroatoms. The summed E-state index contributed by atoms with van der Waals surface area (Å²) in [5, 5.41) is 0. The molecule has 0 unspecified atom stereocenters. The molecule has 0 amide bonds. The first-order valence-electron chi connectivity index (χ1n) is 4.56. The standard InChI is InChI=1S/C12H10O2S.2K/c13-15(14,11-7-3-1-4-8-11)12-9-5-2-6-10-12;;/h1-10H;;. The van der Waals surface area contributed by atoms with Gasteiger partial charge in [-0.1, -0.05) is 36.4 Å². The fourth-order valence-electron chi connectivity index (χ4n) is 1.34. The Kier molecular flexibility index (Phi) is 9.61. The maximum Gasteiger partial charge on any atom is 0.206 e. The monoisotopic (exact) mass is 296 g/mol. The molecule has 2 nitrogen and oxygen atoms in total. The molecule has 17 heavy (non-hydrogen) atoms. The summed E-state index contributed by atoms with van der Waals surface area (Å²) in [5.74, 6) is 0. The maximum absolute atomic E-state index is 12.0. The molecule has 2 radical (unpaired) electrons. The van der Waals surface area contributed by atoms with E-state index in [9.17, 15) is 8.42 Å². The molecule has 0 aliphatic carbocycles. The Morgan fingerprint density at radius 3 is 1.18 bits per heavy atom. The topological polar surface area (TPSA) is 34.1 Å². The number of benzene rings is 2. The van der Waals surface area contributed by atoms with E-state index in [0.29, 0.717) is 9.79 Å². The average molecular weight is 296 g/mol. The zero-order valence-electron chi connectivity index (χ0n) is 10.00. The smallest absolute Gasteiger partial charge is 0.206 e. The Labute approximate surface area is 187 Å². The molecular weight excluding hydrogens is 286 g/mol. The number of hydrogen-bond acceptors (Lipinski definition) is 2. The Hall–Kier alpha value is 1.66. The van der Waals surface area contributed by atoms with Crippen LogP contribution in [0.2, 0.25) is 0 Å². The van der Waals surface area contributed by atoms with E-state index in [1.807, 2.05) is 0 Å². The quantitative estimate of drug-likeness (QED) is 0.791. The Bertz CT molecular complexity index is 494. The Morgan fingerprint density at radius 1 is 0.588 bits per heavy atom. The summed E-state index contributed by atoms with van der Waals surface area (Å²) >= 11 is 0. The third-order valence-corrected chi connectivity index (χ3v) is 3.89. The van der Waals surface area contributed by atoms with Crippen LogP contribution in [0.4, 0.5) is 0 Å². The second-order valence-corrected chi connectivity index (χ2v) is 5.08. The van der Waals surface area contributed by atoms with E-state index in [1.54, 1.807) is 60.7 Å². The van der Waals surface area contributed by atoms with Gasteiger partial charge in [0.05, 0.1) is 9.79 Å². The first-order valence-corrected chi connectivity index (χ1v) is 6.05. The molecule has 0 aromatic heterocycles. The maximum atomic E-state index is 12.0. The van der Waals surface area contributed by atoms with Gasteiger partial charge in [0.25, 0.3) is 0 Å². The minimum absolute atomic E-state index is 0. The molecule has 0 spiro atoms. The van der Waals surface area contributed by atoms with E-state index >= 15 is 0 Å². The van der Waals surface area contributed by atoms with Gasteiger partial charge in [0.15, 0.2) is 0 Å². The molecular formula is C12H10K2O2S. The van der Waals surface area contributed by atoms with Crippen LogP contribution >= 0.6 is 0 Å². The van der Waals surface area contributed by atoms with E-state index in [0.717, 1.165) is 0 Å². The second kappa shape index (κ2) is 8.76. The number of sulfone groups is 1. The molecule has 2 aromatic rings. The summed E-state index contributed by atoms with van der Waals surface area (Å²) in [6, 6.07) is 16.9. The molecule has 0 aliphatic heterocycles. The number of rotatable bonds is 2. The van der Waals surface area contributed by atoms with Gasteiger partial charge in [0.1, 0.15) is 0 Å². The number of hydrogen-bond donors (Lipinski definition) is 0.